The molecule has 2 aromatic carbocycles. The Labute approximate surface area is 113 Å². The molecule has 3 rings (SSSR count). The molecule has 2 heteroatoms. The van der Waals surface area contributed by atoms with Crippen molar-refractivity contribution in [3.05, 3.63) is 58.7 Å². The Morgan fingerprint density at radius 3 is 2.53 bits per heavy atom. The summed E-state index contributed by atoms with van der Waals surface area (Å²) in [5.41, 5.74) is 6.54. The van der Waals surface area contributed by atoms with Gasteiger partial charge in [0.05, 0.1) is 0 Å². The van der Waals surface area contributed by atoms with Crippen LogP contribution >= 0.6 is 0 Å². The molecule has 0 fully saturated rings. The maximum absolute atomic E-state index is 11.7. The Morgan fingerprint density at radius 1 is 1.11 bits per heavy atom. The fraction of sp³-hybridized carbons (Fsp3) is 0.235. The summed E-state index contributed by atoms with van der Waals surface area (Å²) in [5.74, 6) is 0.103. The van der Waals surface area contributed by atoms with Gasteiger partial charge in [-0.1, -0.05) is 36.4 Å². The number of hydrogen-bond donors (Lipinski definition) is 0. The zero-order chi connectivity index (χ0) is 13.6. The van der Waals surface area contributed by atoms with E-state index in [0.29, 0.717) is 0 Å². The first-order chi connectivity index (χ1) is 9.15. The van der Waals surface area contributed by atoms with Crippen LogP contribution in [0.2, 0.25) is 0 Å². The van der Waals surface area contributed by atoms with Crippen molar-refractivity contribution in [2.45, 2.75) is 20.0 Å². The first-order valence-corrected chi connectivity index (χ1v) is 6.41. The third-order valence-electron chi connectivity index (χ3n) is 3.93. The molecule has 2 nitrogen and oxygen atoms in total. The summed E-state index contributed by atoms with van der Waals surface area (Å²) in [7, 11) is 1.72. The topological polar surface area (TPSA) is 26.3 Å². The summed E-state index contributed by atoms with van der Waals surface area (Å²) < 4.78 is 5.67. The highest BCUT2D eigenvalue weighted by Gasteiger charge is 2.30. The molecule has 0 bridgehead atoms. The van der Waals surface area contributed by atoms with Crippen molar-refractivity contribution in [2.75, 3.05) is 7.11 Å². The molecule has 0 radical (unpaired) electrons. The Morgan fingerprint density at radius 2 is 1.84 bits per heavy atom. The summed E-state index contributed by atoms with van der Waals surface area (Å²) >= 11 is 0. The monoisotopic (exact) mass is 252 g/mol. The van der Waals surface area contributed by atoms with Gasteiger partial charge in [0.15, 0.2) is 5.78 Å². The number of ketones is 1. The van der Waals surface area contributed by atoms with Crippen LogP contribution < -0.4 is 0 Å². The van der Waals surface area contributed by atoms with Gasteiger partial charge in [-0.3, -0.25) is 4.79 Å². The predicted octanol–water partition coefficient (Wildman–Crippen LogP) is 3.91. The molecule has 1 unspecified atom stereocenters. The van der Waals surface area contributed by atoms with Crippen molar-refractivity contribution in [3.8, 4) is 11.1 Å². The van der Waals surface area contributed by atoms with Gasteiger partial charge in [-0.05, 0) is 41.7 Å². The van der Waals surface area contributed by atoms with E-state index in [0.717, 1.165) is 16.7 Å². The van der Waals surface area contributed by atoms with Crippen molar-refractivity contribution in [3.63, 3.8) is 0 Å². The van der Waals surface area contributed by atoms with E-state index in [1.54, 1.807) is 14.0 Å². The highest BCUT2D eigenvalue weighted by molar-refractivity contribution is 5.97. The normalized spacial score (nSPS) is 16.1. The van der Waals surface area contributed by atoms with Gasteiger partial charge < -0.3 is 4.74 Å². The first-order valence-electron chi connectivity index (χ1n) is 6.41. The van der Waals surface area contributed by atoms with Crippen molar-refractivity contribution in [1.82, 2.24) is 0 Å². The molecule has 0 saturated heterocycles. The van der Waals surface area contributed by atoms with Crippen LogP contribution in [-0.2, 0) is 4.74 Å². The summed E-state index contributed by atoms with van der Waals surface area (Å²) in [6.07, 6.45) is -0.0644. The number of methoxy groups -OCH3 is 1. The summed E-state index contributed by atoms with van der Waals surface area (Å²) in [6, 6.07) is 12.2. The third-order valence-corrected chi connectivity index (χ3v) is 3.93. The van der Waals surface area contributed by atoms with E-state index in [-0.39, 0.29) is 11.9 Å². The molecule has 96 valence electrons. The third kappa shape index (κ3) is 1.64. The molecule has 1 aliphatic rings. The predicted molar refractivity (Wildman–Crippen MR) is 75.5 cm³/mol. The average Bonchev–Trinajstić information content (AvgIpc) is 2.73. The van der Waals surface area contributed by atoms with Gasteiger partial charge in [0.2, 0.25) is 0 Å². The molecular weight excluding hydrogens is 236 g/mol. The maximum atomic E-state index is 11.7. The zero-order valence-corrected chi connectivity index (χ0v) is 11.4. The molecule has 1 aliphatic carbocycles. The smallest absolute Gasteiger partial charge is 0.160 e. The van der Waals surface area contributed by atoms with Crippen molar-refractivity contribution in [1.29, 1.82) is 0 Å². The lowest BCUT2D eigenvalue weighted by atomic mass is 9.94. The van der Waals surface area contributed by atoms with E-state index >= 15 is 0 Å². The molecule has 0 aliphatic heterocycles. The summed E-state index contributed by atoms with van der Waals surface area (Å²) in [5, 5.41) is 0. The molecule has 0 N–H and O–H groups in total. The number of carbonyl (C=O) groups is 1. The van der Waals surface area contributed by atoms with Crippen molar-refractivity contribution in [2.24, 2.45) is 0 Å². The van der Waals surface area contributed by atoms with Gasteiger partial charge >= 0.3 is 0 Å². The molecule has 19 heavy (non-hydrogen) atoms. The van der Waals surface area contributed by atoms with E-state index < -0.39 is 0 Å². The van der Waals surface area contributed by atoms with E-state index in [1.807, 2.05) is 31.2 Å². The lowest BCUT2D eigenvalue weighted by Gasteiger charge is -2.15. The number of rotatable bonds is 2. The SMILES string of the molecule is COC1c2ccccc2-c2ccc(C(C)=O)c(C)c21. The van der Waals surface area contributed by atoms with Gasteiger partial charge in [-0.15, -0.1) is 0 Å². The number of Topliss-reactive ketones (excluding diaryl/α,β-unsaturated/α-hetero) is 1. The Kier molecular flexibility index (Phi) is 2.76. The van der Waals surface area contributed by atoms with Crippen LogP contribution in [0.3, 0.4) is 0 Å². The fourth-order valence-corrected chi connectivity index (χ4v) is 3.05. The van der Waals surface area contributed by atoms with Crippen LogP contribution in [0.5, 0.6) is 0 Å². The largest absolute Gasteiger partial charge is 0.372 e. The van der Waals surface area contributed by atoms with Crippen LogP contribution in [0.4, 0.5) is 0 Å². The molecule has 2 aromatic rings. The Balaban J connectivity index is 2.31. The average molecular weight is 252 g/mol. The second-order valence-electron chi connectivity index (χ2n) is 4.96. The maximum Gasteiger partial charge on any atom is 0.160 e. The van der Waals surface area contributed by atoms with E-state index in [1.165, 1.54) is 16.7 Å². The van der Waals surface area contributed by atoms with Crippen LogP contribution in [-0.4, -0.2) is 12.9 Å². The molecule has 0 aromatic heterocycles. The van der Waals surface area contributed by atoms with E-state index in [4.69, 9.17) is 4.74 Å². The summed E-state index contributed by atoms with van der Waals surface area (Å²) in [4.78, 5) is 11.7. The molecule has 0 saturated carbocycles. The lowest BCUT2D eigenvalue weighted by molar-refractivity contribution is 0.101. The molecule has 0 heterocycles. The van der Waals surface area contributed by atoms with Gasteiger partial charge in [0, 0.05) is 12.7 Å². The second-order valence-corrected chi connectivity index (χ2v) is 4.96. The fourth-order valence-electron chi connectivity index (χ4n) is 3.05. The number of ether oxygens (including phenoxy) is 1. The number of hydrogen-bond acceptors (Lipinski definition) is 2. The minimum atomic E-state index is -0.0644. The Hall–Kier alpha value is -1.93. The van der Waals surface area contributed by atoms with E-state index in [2.05, 4.69) is 12.1 Å². The lowest BCUT2D eigenvalue weighted by Crippen LogP contribution is -2.05. The standard InChI is InChI=1S/C17H16O2/c1-10-12(11(2)18)8-9-14-13-6-4-5-7-15(13)17(19-3)16(10)14/h4-9,17H,1-3H3. The van der Waals surface area contributed by atoms with Gasteiger partial charge in [0.25, 0.3) is 0 Å². The number of benzene rings is 2. The van der Waals surface area contributed by atoms with Crippen LogP contribution in [0.15, 0.2) is 36.4 Å². The first kappa shape index (κ1) is 12.1. The van der Waals surface area contributed by atoms with Crippen LogP contribution in [0.25, 0.3) is 11.1 Å². The molecule has 0 spiro atoms. The minimum Gasteiger partial charge on any atom is -0.372 e. The Bertz CT molecular complexity index is 671. The van der Waals surface area contributed by atoms with Gasteiger partial charge in [-0.25, -0.2) is 0 Å². The zero-order valence-electron chi connectivity index (χ0n) is 11.4. The number of fused-ring (bicyclic) bond motifs is 3. The molecule has 1 atom stereocenters. The van der Waals surface area contributed by atoms with Crippen molar-refractivity contribution < 1.29 is 9.53 Å². The number of carbonyl (C=O) groups excluding carboxylic acids is 1. The second kappa shape index (κ2) is 4.32. The molecule has 0 amide bonds. The van der Waals surface area contributed by atoms with E-state index in [9.17, 15) is 4.79 Å². The van der Waals surface area contributed by atoms with Crippen LogP contribution in [0, 0.1) is 6.92 Å². The van der Waals surface area contributed by atoms with Gasteiger partial charge in [-0.2, -0.15) is 0 Å². The molecular formula is C17H16O2. The summed E-state index contributed by atoms with van der Waals surface area (Å²) in [6.45, 7) is 3.62. The van der Waals surface area contributed by atoms with Crippen LogP contribution in [0.1, 0.15) is 40.1 Å². The highest BCUT2D eigenvalue weighted by Crippen LogP contribution is 2.46. The highest BCUT2D eigenvalue weighted by atomic mass is 16.5. The van der Waals surface area contributed by atoms with Gasteiger partial charge in [0.1, 0.15) is 6.10 Å². The quantitative estimate of drug-likeness (QED) is 0.757. The minimum absolute atomic E-state index is 0.0644. The van der Waals surface area contributed by atoms with Crippen molar-refractivity contribution >= 4 is 5.78 Å².